The van der Waals surface area contributed by atoms with Gasteiger partial charge in [0.05, 0.1) is 11.9 Å². The third-order valence-corrected chi connectivity index (χ3v) is 2.80. The van der Waals surface area contributed by atoms with Crippen molar-refractivity contribution in [3.8, 4) is 11.1 Å². The lowest BCUT2D eigenvalue weighted by Crippen LogP contribution is -2.10. The molecule has 0 atom stereocenters. The second kappa shape index (κ2) is 4.55. The van der Waals surface area contributed by atoms with Gasteiger partial charge in [0, 0.05) is 18.0 Å². The number of rotatable bonds is 3. The Bertz CT molecular complexity index is 609. The Morgan fingerprint density at radius 1 is 1.06 bits per heavy atom. The summed E-state index contributed by atoms with van der Waals surface area (Å²) in [5.41, 5.74) is 2.33. The standard InChI is InChI=1S/C12H12N2O2S/c1-17(15,16)14-12-5-3-2-4-11(12)10-6-8-13-9-7-10/h2-9,14H,1H3. The largest absolute Gasteiger partial charge is 0.283 e. The van der Waals surface area contributed by atoms with Gasteiger partial charge in [0.25, 0.3) is 0 Å². The van der Waals surface area contributed by atoms with Crippen LogP contribution in [0.4, 0.5) is 5.69 Å². The predicted molar refractivity (Wildman–Crippen MR) is 68.1 cm³/mol. The molecule has 0 bridgehead atoms. The van der Waals surface area contributed by atoms with E-state index >= 15 is 0 Å². The van der Waals surface area contributed by atoms with Crippen LogP contribution in [-0.2, 0) is 10.0 Å². The zero-order chi connectivity index (χ0) is 12.3. The number of hydrogen-bond acceptors (Lipinski definition) is 3. The van der Waals surface area contributed by atoms with Gasteiger partial charge in [-0.3, -0.25) is 9.71 Å². The van der Waals surface area contributed by atoms with Crippen LogP contribution in [0.5, 0.6) is 0 Å². The molecule has 1 N–H and O–H groups in total. The van der Waals surface area contributed by atoms with Crippen molar-refractivity contribution in [1.29, 1.82) is 0 Å². The SMILES string of the molecule is CS(=O)(=O)Nc1ccccc1-c1ccncc1. The number of anilines is 1. The molecule has 1 aromatic carbocycles. The third-order valence-electron chi connectivity index (χ3n) is 2.21. The molecule has 0 aliphatic rings. The first-order valence-corrected chi connectivity index (χ1v) is 6.92. The van der Waals surface area contributed by atoms with Crippen LogP contribution in [0.3, 0.4) is 0 Å². The van der Waals surface area contributed by atoms with Crippen LogP contribution >= 0.6 is 0 Å². The lowest BCUT2D eigenvalue weighted by atomic mass is 10.1. The quantitative estimate of drug-likeness (QED) is 0.905. The first-order valence-electron chi connectivity index (χ1n) is 5.03. The monoisotopic (exact) mass is 248 g/mol. The molecule has 88 valence electrons. The van der Waals surface area contributed by atoms with Crippen molar-refractivity contribution < 1.29 is 8.42 Å². The molecule has 0 aliphatic carbocycles. The van der Waals surface area contributed by atoms with Crippen LogP contribution in [-0.4, -0.2) is 19.7 Å². The number of pyridine rings is 1. The highest BCUT2D eigenvalue weighted by molar-refractivity contribution is 7.92. The van der Waals surface area contributed by atoms with E-state index in [0.29, 0.717) is 5.69 Å². The Morgan fingerprint density at radius 2 is 1.71 bits per heavy atom. The third kappa shape index (κ3) is 3.04. The van der Waals surface area contributed by atoms with E-state index in [-0.39, 0.29) is 0 Å². The fourth-order valence-electron chi connectivity index (χ4n) is 1.56. The van der Waals surface area contributed by atoms with Crippen molar-refractivity contribution in [3.05, 3.63) is 48.8 Å². The summed E-state index contributed by atoms with van der Waals surface area (Å²) in [6.07, 6.45) is 4.48. The highest BCUT2D eigenvalue weighted by atomic mass is 32.2. The number of para-hydroxylation sites is 1. The molecule has 4 nitrogen and oxygen atoms in total. The summed E-state index contributed by atoms with van der Waals surface area (Å²) in [4.78, 5) is 3.94. The van der Waals surface area contributed by atoms with Crippen molar-refractivity contribution in [1.82, 2.24) is 4.98 Å². The Labute approximate surface area is 100 Å². The molecule has 0 unspecified atom stereocenters. The summed E-state index contributed by atoms with van der Waals surface area (Å²) >= 11 is 0. The van der Waals surface area contributed by atoms with Crippen molar-refractivity contribution in [2.75, 3.05) is 11.0 Å². The van der Waals surface area contributed by atoms with Gasteiger partial charge in [-0.05, 0) is 23.8 Å². The highest BCUT2D eigenvalue weighted by Gasteiger charge is 2.07. The topological polar surface area (TPSA) is 59.1 Å². The van der Waals surface area contributed by atoms with Gasteiger partial charge in [-0.1, -0.05) is 18.2 Å². The number of sulfonamides is 1. The fourth-order valence-corrected chi connectivity index (χ4v) is 2.13. The zero-order valence-corrected chi connectivity index (χ0v) is 10.1. The molecule has 0 fully saturated rings. The van der Waals surface area contributed by atoms with Gasteiger partial charge in [-0.25, -0.2) is 8.42 Å². The minimum Gasteiger partial charge on any atom is -0.283 e. The lowest BCUT2D eigenvalue weighted by molar-refractivity contribution is 0.607. The molecule has 17 heavy (non-hydrogen) atoms. The van der Waals surface area contributed by atoms with Crippen LogP contribution in [0.15, 0.2) is 48.8 Å². The molecule has 2 rings (SSSR count). The lowest BCUT2D eigenvalue weighted by Gasteiger charge is -2.10. The number of benzene rings is 1. The molecule has 0 aliphatic heterocycles. The second-order valence-corrected chi connectivity index (χ2v) is 5.40. The molecule has 0 spiro atoms. The van der Waals surface area contributed by atoms with E-state index in [0.717, 1.165) is 17.4 Å². The molecular weight excluding hydrogens is 236 g/mol. The van der Waals surface area contributed by atoms with Crippen molar-refractivity contribution in [2.24, 2.45) is 0 Å². The number of aromatic nitrogens is 1. The Hall–Kier alpha value is -1.88. The van der Waals surface area contributed by atoms with Gasteiger partial charge in [0.1, 0.15) is 0 Å². The maximum absolute atomic E-state index is 11.3. The normalized spacial score (nSPS) is 11.1. The van der Waals surface area contributed by atoms with Crippen LogP contribution in [0, 0.1) is 0 Å². The highest BCUT2D eigenvalue weighted by Crippen LogP contribution is 2.27. The van der Waals surface area contributed by atoms with Gasteiger partial charge in [0.15, 0.2) is 0 Å². The number of nitrogens with zero attached hydrogens (tertiary/aromatic N) is 1. The smallest absolute Gasteiger partial charge is 0.229 e. The number of hydrogen-bond donors (Lipinski definition) is 1. The van der Waals surface area contributed by atoms with Crippen LogP contribution < -0.4 is 4.72 Å². The minimum absolute atomic E-state index is 0.571. The molecule has 2 aromatic rings. The van der Waals surface area contributed by atoms with Gasteiger partial charge >= 0.3 is 0 Å². The van der Waals surface area contributed by atoms with Gasteiger partial charge in [-0.15, -0.1) is 0 Å². The summed E-state index contributed by atoms with van der Waals surface area (Å²) in [6.45, 7) is 0. The summed E-state index contributed by atoms with van der Waals surface area (Å²) in [5, 5.41) is 0. The summed E-state index contributed by atoms with van der Waals surface area (Å²) in [6, 6.07) is 10.9. The van der Waals surface area contributed by atoms with E-state index in [4.69, 9.17) is 0 Å². The first-order chi connectivity index (χ1) is 8.06. The van der Waals surface area contributed by atoms with Crippen molar-refractivity contribution in [3.63, 3.8) is 0 Å². The second-order valence-electron chi connectivity index (χ2n) is 3.66. The summed E-state index contributed by atoms with van der Waals surface area (Å²) in [7, 11) is -3.27. The first kappa shape index (κ1) is 11.6. The summed E-state index contributed by atoms with van der Waals surface area (Å²) < 4.78 is 25.0. The molecule has 1 aromatic heterocycles. The molecular formula is C12H12N2O2S. The van der Waals surface area contributed by atoms with E-state index < -0.39 is 10.0 Å². The maximum atomic E-state index is 11.3. The molecule has 0 amide bonds. The Balaban J connectivity index is 2.49. The molecule has 1 heterocycles. The summed E-state index contributed by atoms with van der Waals surface area (Å²) in [5.74, 6) is 0. The molecule has 0 radical (unpaired) electrons. The van der Waals surface area contributed by atoms with Crippen molar-refractivity contribution in [2.45, 2.75) is 0 Å². The number of nitrogens with one attached hydrogen (secondary N) is 1. The van der Waals surface area contributed by atoms with Gasteiger partial charge in [0.2, 0.25) is 10.0 Å². The Kier molecular flexibility index (Phi) is 3.10. The molecule has 0 saturated heterocycles. The zero-order valence-electron chi connectivity index (χ0n) is 9.29. The van der Waals surface area contributed by atoms with E-state index in [9.17, 15) is 8.42 Å². The van der Waals surface area contributed by atoms with Crippen LogP contribution in [0.2, 0.25) is 0 Å². The maximum Gasteiger partial charge on any atom is 0.229 e. The minimum atomic E-state index is -3.27. The molecule has 5 heteroatoms. The van der Waals surface area contributed by atoms with E-state index in [1.165, 1.54) is 0 Å². The van der Waals surface area contributed by atoms with E-state index in [1.54, 1.807) is 24.5 Å². The van der Waals surface area contributed by atoms with Crippen molar-refractivity contribution >= 4 is 15.7 Å². The average molecular weight is 248 g/mol. The van der Waals surface area contributed by atoms with Crippen LogP contribution in [0.1, 0.15) is 0 Å². The predicted octanol–water partition coefficient (Wildman–Crippen LogP) is 2.12. The van der Waals surface area contributed by atoms with E-state index in [1.807, 2.05) is 24.3 Å². The average Bonchev–Trinajstić information content (AvgIpc) is 2.29. The van der Waals surface area contributed by atoms with E-state index in [2.05, 4.69) is 9.71 Å². The fraction of sp³-hybridized carbons (Fsp3) is 0.0833. The van der Waals surface area contributed by atoms with Gasteiger partial charge in [-0.2, -0.15) is 0 Å². The Morgan fingerprint density at radius 3 is 2.35 bits per heavy atom. The van der Waals surface area contributed by atoms with Gasteiger partial charge < -0.3 is 0 Å². The van der Waals surface area contributed by atoms with Crippen LogP contribution in [0.25, 0.3) is 11.1 Å². The molecule has 0 saturated carbocycles.